The van der Waals surface area contributed by atoms with E-state index in [1.807, 2.05) is 13.1 Å². The average Bonchev–Trinajstić information content (AvgIpc) is 2.70. The maximum atomic E-state index is 5.74. The van der Waals surface area contributed by atoms with Crippen molar-refractivity contribution in [1.29, 1.82) is 0 Å². The maximum Gasteiger partial charge on any atom is 0.224 e. The van der Waals surface area contributed by atoms with E-state index in [-0.39, 0.29) is 12.4 Å². The molecule has 90 valence electrons. The molecule has 2 heterocycles. The van der Waals surface area contributed by atoms with E-state index in [0.717, 1.165) is 25.5 Å². The fourth-order valence-corrected chi connectivity index (χ4v) is 2.03. The summed E-state index contributed by atoms with van der Waals surface area (Å²) < 4.78 is 0. The minimum Gasteiger partial charge on any atom is -0.359 e. The first-order chi connectivity index (χ1) is 7.25. The summed E-state index contributed by atoms with van der Waals surface area (Å²) in [5, 5.41) is 3.66. The fraction of sp³-hybridized carbons (Fsp3) is 0.600. The second-order valence-corrected chi connectivity index (χ2v) is 4.26. The molecule has 1 aliphatic rings. The van der Waals surface area contributed by atoms with Crippen LogP contribution in [0, 0.1) is 5.92 Å². The molecule has 0 saturated carbocycles. The summed E-state index contributed by atoms with van der Waals surface area (Å²) in [6.45, 7) is 3.24. The van der Waals surface area contributed by atoms with Crippen molar-refractivity contribution in [2.45, 2.75) is 6.42 Å². The smallest absolute Gasteiger partial charge is 0.224 e. The van der Waals surface area contributed by atoms with E-state index in [2.05, 4.69) is 20.2 Å². The first-order valence-electron chi connectivity index (χ1n) is 5.16. The third-order valence-electron chi connectivity index (χ3n) is 2.70. The van der Waals surface area contributed by atoms with Gasteiger partial charge in [0.1, 0.15) is 5.82 Å². The highest BCUT2D eigenvalue weighted by atomic mass is 35.5. The Labute approximate surface area is 107 Å². The van der Waals surface area contributed by atoms with Crippen LogP contribution in [0.2, 0.25) is 5.28 Å². The molecule has 1 fully saturated rings. The Hall–Kier alpha value is -0.580. The third kappa shape index (κ3) is 3.47. The number of hydrogen-bond donors (Lipinski definition) is 1. The van der Waals surface area contributed by atoms with Crippen LogP contribution in [0.25, 0.3) is 0 Å². The zero-order valence-corrected chi connectivity index (χ0v) is 10.8. The van der Waals surface area contributed by atoms with E-state index in [9.17, 15) is 0 Å². The molecule has 16 heavy (non-hydrogen) atoms. The van der Waals surface area contributed by atoms with Gasteiger partial charge in [0, 0.05) is 19.8 Å². The molecular weight excluding hydrogens is 247 g/mol. The predicted molar refractivity (Wildman–Crippen MR) is 68.5 cm³/mol. The highest BCUT2D eigenvalue weighted by Crippen LogP contribution is 2.15. The largest absolute Gasteiger partial charge is 0.359 e. The molecular formula is C10H16Cl2N4. The van der Waals surface area contributed by atoms with Crippen molar-refractivity contribution in [2.75, 3.05) is 31.6 Å². The summed E-state index contributed by atoms with van der Waals surface area (Å²) in [6.07, 6.45) is 2.93. The van der Waals surface area contributed by atoms with Crippen molar-refractivity contribution < 1.29 is 0 Å². The van der Waals surface area contributed by atoms with Crippen molar-refractivity contribution in [1.82, 2.24) is 15.3 Å². The van der Waals surface area contributed by atoms with Gasteiger partial charge in [0.15, 0.2) is 0 Å². The summed E-state index contributed by atoms with van der Waals surface area (Å²) in [5.41, 5.74) is 0. The van der Waals surface area contributed by atoms with Crippen LogP contribution in [0.3, 0.4) is 0 Å². The number of nitrogens with zero attached hydrogens (tertiary/aromatic N) is 3. The summed E-state index contributed by atoms with van der Waals surface area (Å²) in [7, 11) is 2.04. The summed E-state index contributed by atoms with van der Waals surface area (Å²) in [4.78, 5) is 10.2. The van der Waals surface area contributed by atoms with Crippen LogP contribution in [0.15, 0.2) is 12.3 Å². The number of rotatable bonds is 3. The predicted octanol–water partition coefficient (Wildman–Crippen LogP) is 1.60. The molecule has 1 aromatic heterocycles. The van der Waals surface area contributed by atoms with Gasteiger partial charge >= 0.3 is 0 Å². The summed E-state index contributed by atoms with van der Waals surface area (Å²) in [5.74, 6) is 1.60. The quantitative estimate of drug-likeness (QED) is 0.841. The molecule has 4 nitrogen and oxygen atoms in total. The molecule has 2 rings (SSSR count). The number of hydrogen-bond acceptors (Lipinski definition) is 4. The topological polar surface area (TPSA) is 41.0 Å². The number of aromatic nitrogens is 2. The van der Waals surface area contributed by atoms with Gasteiger partial charge in [-0.15, -0.1) is 12.4 Å². The third-order valence-corrected chi connectivity index (χ3v) is 2.88. The molecule has 0 bridgehead atoms. The van der Waals surface area contributed by atoms with Crippen LogP contribution < -0.4 is 10.2 Å². The molecule has 0 aliphatic carbocycles. The number of nitrogens with one attached hydrogen (secondary N) is 1. The van der Waals surface area contributed by atoms with Crippen molar-refractivity contribution in [3.63, 3.8) is 0 Å². The van der Waals surface area contributed by atoms with Crippen molar-refractivity contribution in [3.05, 3.63) is 17.5 Å². The average molecular weight is 263 g/mol. The van der Waals surface area contributed by atoms with Crippen LogP contribution in [-0.4, -0.2) is 36.6 Å². The molecule has 1 atom stereocenters. The van der Waals surface area contributed by atoms with E-state index in [1.54, 1.807) is 6.20 Å². The second kappa shape index (κ2) is 6.23. The molecule has 6 heteroatoms. The van der Waals surface area contributed by atoms with Crippen LogP contribution in [-0.2, 0) is 0 Å². The monoisotopic (exact) mass is 262 g/mol. The summed E-state index contributed by atoms with van der Waals surface area (Å²) in [6, 6.07) is 1.88. The van der Waals surface area contributed by atoms with Gasteiger partial charge in [-0.3, -0.25) is 0 Å². The Morgan fingerprint density at radius 3 is 3.06 bits per heavy atom. The van der Waals surface area contributed by atoms with E-state index in [0.29, 0.717) is 11.2 Å². The first-order valence-corrected chi connectivity index (χ1v) is 5.54. The lowest BCUT2D eigenvalue weighted by Gasteiger charge is -2.21. The van der Waals surface area contributed by atoms with Gasteiger partial charge in [-0.05, 0) is 43.1 Å². The van der Waals surface area contributed by atoms with E-state index < -0.39 is 0 Å². The van der Waals surface area contributed by atoms with E-state index in [4.69, 9.17) is 11.6 Å². The summed E-state index contributed by atoms with van der Waals surface area (Å²) >= 11 is 5.74. The number of halogens is 2. The molecule has 1 saturated heterocycles. The molecule has 1 aromatic rings. The highest BCUT2D eigenvalue weighted by molar-refractivity contribution is 6.28. The van der Waals surface area contributed by atoms with Gasteiger partial charge in [0.05, 0.1) is 0 Å². The molecule has 1 N–H and O–H groups in total. The standard InChI is InChI=1S/C10H15ClN4.ClH/c1-15(7-8-2-4-12-6-8)9-3-5-13-10(11)14-9;/h3,5,8,12H,2,4,6-7H2,1H3;1H. The minimum atomic E-state index is 0. The Balaban J connectivity index is 0.00000128. The second-order valence-electron chi connectivity index (χ2n) is 3.92. The zero-order chi connectivity index (χ0) is 10.7. The highest BCUT2D eigenvalue weighted by Gasteiger charge is 2.17. The van der Waals surface area contributed by atoms with Crippen LogP contribution in [0.1, 0.15) is 6.42 Å². The van der Waals surface area contributed by atoms with Gasteiger partial charge < -0.3 is 10.2 Å². The molecule has 0 radical (unpaired) electrons. The van der Waals surface area contributed by atoms with Crippen LogP contribution >= 0.6 is 24.0 Å². The lowest BCUT2D eigenvalue weighted by molar-refractivity contribution is 0.575. The Bertz CT molecular complexity index is 328. The van der Waals surface area contributed by atoms with E-state index >= 15 is 0 Å². The first kappa shape index (κ1) is 13.5. The van der Waals surface area contributed by atoms with Crippen molar-refractivity contribution >= 4 is 29.8 Å². The van der Waals surface area contributed by atoms with E-state index in [1.165, 1.54) is 6.42 Å². The van der Waals surface area contributed by atoms with Crippen molar-refractivity contribution in [3.8, 4) is 0 Å². The lowest BCUT2D eigenvalue weighted by Crippen LogP contribution is -2.27. The van der Waals surface area contributed by atoms with Crippen molar-refractivity contribution in [2.24, 2.45) is 5.92 Å². The molecule has 0 amide bonds. The Morgan fingerprint density at radius 2 is 2.44 bits per heavy atom. The fourth-order valence-electron chi connectivity index (χ4n) is 1.89. The maximum absolute atomic E-state index is 5.74. The van der Waals surface area contributed by atoms with Crippen LogP contribution in [0.5, 0.6) is 0 Å². The molecule has 0 aromatic carbocycles. The normalized spacial score (nSPS) is 19.2. The Kier molecular flexibility index (Phi) is 5.25. The van der Waals surface area contributed by atoms with Gasteiger partial charge in [-0.2, -0.15) is 0 Å². The van der Waals surface area contributed by atoms with Gasteiger partial charge in [0.25, 0.3) is 0 Å². The molecule has 0 spiro atoms. The Morgan fingerprint density at radius 1 is 1.62 bits per heavy atom. The molecule has 1 unspecified atom stereocenters. The van der Waals surface area contributed by atoms with Gasteiger partial charge in [-0.1, -0.05) is 0 Å². The zero-order valence-electron chi connectivity index (χ0n) is 9.19. The minimum absolute atomic E-state index is 0. The molecule has 1 aliphatic heterocycles. The van der Waals surface area contributed by atoms with Crippen LogP contribution in [0.4, 0.5) is 5.82 Å². The lowest BCUT2D eigenvalue weighted by atomic mass is 10.1. The van der Waals surface area contributed by atoms with Gasteiger partial charge in [-0.25, -0.2) is 9.97 Å². The SMILES string of the molecule is CN(CC1CCNC1)c1ccnc(Cl)n1.Cl. The van der Waals surface area contributed by atoms with Gasteiger partial charge in [0.2, 0.25) is 5.28 Å². The number of anilines is 1.